The van der Waals surface area contributed by atoms with Crippen LogP contribution in [0.4, 0.5) is 5.69 Å². The number of hydrogen-bond acceptors (Lipinski definition) is 2. The highest BCUT2D eigenvalue weighted by molar-refractivity contribution is 5.94. The van der Waals surface area contributed by atoms with Crippen molar-refractivity contribution in [2.75, 3.05) is 18.9 Å². The van der Waals surface area contributed by atoms with Gasteiger partial charge in [-0.1, -0.05) is 39.5 Å². The minimum Gasteiger partial charge on any atom is -0.388 e. The van der Waals surface area contributed by atoms with Crippen LogP contribution in [0.2, 0.25) is 0 Å². The predicted molar refractivity (Wildman–Crippen MR) is 86.2 cm³/mol. The van der Waals surface area contributed by atoms with E-state index < -0.39 is 0 Å². The molecule has 0 aliphatic heterocycles. The molecule has 1 aromatic rings. The van der Waals surface area contributed by atoms with E-state index in [1.807, 2.05) is 31.3 Å². The van der Waals surface area contributed by atoms with Gasteiger partial charge in [0.25, 0.3) is 5.91 Å². The number of nitrogens with one attached hydrogen (secondary N) is 2. The second kappa shape index (κ2) is 9.40. The molecule has 0 unspecified atom stereocenters. The number of hydrogen-bond donors (Lipinski definition) is 2. The molecule has 0 aliphatic carbocycles. The average Bonchev–Trinajstić information content (AvgIpc) is 2.45. The Morgan fingerprint density at radius 2 is 1.70 bits per heavy atom. The van der Waals surface area contributed by atoms with E-state index in [9.17, 15) is 4.79 Å². The van der Waals surface area contributed by atoms with E-state index in [-0.39, 0.29) is 5.91 Å². The average molecular weight is 276 g/mol. The molecule has 20 heavy (non-hydrogen) atoms. The smallest absolute Gasteiger partial charge is 0.251 e. The van der Waals surface area contributed by atoms with E-state index in [0.717, 1.165) is 30.1 Å². The molecule has 0 heterocycles. The quantitative estimate of drug-likeness (QED) is 0.668. The molecule has 0 saturated heterocycles. The van der Waals surface area contributed by atoms with Crippen molar-refractivity contribution in [3.05, 3.63) is 29.8 Å². The summed E-state index contributed by atoms with van der Waals surface area (Å²) in [7, 11) is 1.87. The van der Waals surface area contributed by atoms with E-state index >= 15 is 0 Å². The highest BCUT2D eigenvalue weighted by Gasteiger charge is 2.04. The zero-order valence-corrected chi connectivity index (χ0v) is 13.0. The number of unbranched alkanes of at least 4 members (excludes halogenated alkanes) is 3. The van der Waals surface area contributed by atoms with Gasteiger partial charge < -0.3 is 10.6 Å². The van der Waals surface area contributed by atoms with Crippen molar-refractivity contribution in [2.24, 2.45) is 5.92 Å². The van der Waals surface area contributed by atoms with Crippen LogP contribution in [0, 0.1) is 5.92 Å². The molecule has 0 radical (unpaired) electrons. The summed E-state index contributed by atoms with van der Waals surface area (Å²) >= 11 is 0. The number of carbonyl (C=O) groups is 1. The molecular weight excluding hydrogens is 248 g/mol. The molecule has 0 fully saturated rings. The van der Waals surface area contributed by atoms with Gasteiger partial charge in [0.15, 0.2) is 0 Å². The lowest BCUT2D eigenvalue weighted by molar-refractivity contribution is 0.0953. The molecule has 0 aromatic heterocycles. The Balaban J connectivity index is 2.13. The van der Waals surface area contributed by atoms with Crippen molar-refractivity contribution >= 4 is 11.6 Å². The standard InChI is InChI=1S/C17H28N2O/c1-14(2)8-6-4-5-7-13-19-17(20)15-9-11-16(18-3)12-10-15/h9-12,14,18H,4-8,13H2,1-3H3,(H,19,20). The van der Waals surface area contributed by atoms with E-state index in [1.54, 1.807) is 0 Å². The van der Waals surface area contributed by atoms with Gasteiger partial charge >= 0.3 is 0 Å². The Bertz CT molecular complexity index is 384. The van der Waals surface area contributed by atoms with E-state index in [2.05, 4.69) is 24.5 Å². The van der Waals surface area contributed by atoms with Gasteiger partial charge in [0, 0.05) is 24.8 Å². The summed E-state index contributed by atoms with van der Waals surface area (Å²) < 4.78 is 0. The lowest BCUT2D eigenvalue weighted by atomic mass is 10.0. The van der Waals surface area contributed by atoms with Crippen LogP contribution >= 0.6 is 0 Å². The zero-order chi connectivity index (χ0) is 14.8. The first kappa shape index (κ1) is 16.5. The topological polar surface area (TPSA) is 41.1 Å². The predicted octanol–water partition coefficient (Wildman–Crippen LogP) is 4.06. The van der Waals surface area contributed by atoms with Crippen molar-refractivity contribution < 1.29 is 4.79 Å². The van der Waals surface area contributed by atoms with Gasteiger partial charge in [0.05, 0.1) is 0 Å². The van der Waals surface area contributed by atoms with Crippen LogP contribution in [-0.2, 0) is 0 Å². The molecule has 112 valence electrons. The van der Waals surface area contributed by atoms with Crippen LogP contribution in [0.25, 0.3) is 0 Å². The minimum atomic E-state index is 0.0230. The second-order valence-electron chi connectivity index (χ2n) is 5.68. The first-order valence-electron chi connectivity index (χ1n) is 7.69. The SMILES string of the molecule is CNc1ccc(C(=O)NCCCCCCC(C)C)cc1. The van der Waals surface area contributed by atoms with E-state index in [0.29, 0.717) is 0 Å². The maximum absolute atomic E-state index is 11.9. The number of carbonyl (C=O) groups excluding carboxylic acids is 1. The zero-order valence-electron chi connectivity index (χ0n) is 13.0. The molecule has 1 aromatic carbocycles. The molecule has 0 atom stereocenters. The third-order valence-electron chi connectivity index (χ3n) is 3.43. The van der Waals surface area contributed by atoms with Gasteiger partial charge in [0.2, 0.25) is 0 Å². The lowest BCUT2D eigenvalue weighted by Gasteiger charge is -2.07. The van der Waals surface area contributed by atoms with Gasteiger partial charge in [-0.3, -0.25) is 4.79 Å². The Hall–Kier alpha value is -1.51. The lowest BCUT2D eigenvalue weighted by Crippen LogP contribution is -2.24. The molecule has 3 nitrogen and oxygen atoms in total. The summed E-state index contributed by atoms with van der Waals surface area (Å²) in [6, 6.07) is 7.54. The first-order chi connectivity index (χ1) is 9.63. The molecule has 3 heteroatoms. The summed E-state index contributed by atoms with van der Waals surface area (Å²) in [5, 5.41) is 6.02. The van der Waals surface area contributed by atoms with Crippen molar-refractivity contribution in [3.63, 3.8) is 0 Å². The Morgan fingerprint density at radius 1 is 1.05 bits per heavy atom. The van der Waals surface area contributed by atoms with Gasteiger partial charge in [-0.25, -0.2) is 0 Å². The van der Waals surface area contributed by atoms with Crippen LogP contribution in [-0.4, -0.2) is 19.5 Å². The Morgan fingerprint density at radius 3 is 2.30 bits per heavy atom. The van der Waals surface area contributed by atoms with Crippen LogP contribution in [0.1, 0.15) is 56.3 Å². The van der Waals surface area contributed by atoms with Crippen LogP contribution in [0.3, 0.4) is 0 Å². The Kier molecular flexibility index (Phi) is 7.78. The molecule has 2 N–H and O–H groups in total. The summed E-state index contributed by atoms with van der Waals surface area (Å²) in [5.41, 5.74) is 1.75. The highest BCUT2D eigenvalue weighted by atomic mass is 16.1. The fourth-order valence-electron chi connectivity index (χ4n) is 2.12. The van der Waals surface area contributed by atoms with Crippen LogP contribution in [0.15, 0.2) is 24.3 Å². The summed E-state index contributed by atoms with van der Waals surface area (Å²) in [5.74, 6) is 0.824. The number of rotatable bonds is 9. The third-order valence-corrected chi connectivity index (χ3v) is 3.43. The number of anilines is 1. The van der Waals surface area contributed by atoms with Crippen molar-refractivity contribution in [2.45, 2.75) is 46.0 Å². The van der Waals surface area contributed by atoms with E-state index in [1.165, 1.54) is 25.7 Å². The minimum absolute atomic E-state index is 0.0230. The van der Waals surface area contributed by atoms with Gasteiger partial charge in [0.1, 0.15) is 0 Å². The van der Waals surface area contributed by atoms with Gasteiger partial charge in [-0.05, 0) is 36.6 Å². The number of amides is 1. The van der Waals surface area contributed by atoms with Crippen molar-refractivity contribution in [3.8, 4) is 0 Å². The molecule has 0 spiro atoms. The largest absolute Gasteiger partial charge is 0.388 e. The number of benzene rings is 1. The summed E-state index contributed by atoms with van der Waals surface area (Å²) in [4.78, 5) is 11.9. The molecular formula is C17H28N2O. The van der Waals surface area contributed by atoms with Crippen molar-refractivity contribution in [1.29, 1.82) is 0 Å². The monoisotopic (exact) mass is 276 g/mol. The summed E-state index contributed by atoms with van der Waals surface area (Å²) in [6.07, 6.45) is 6.15. The van der Waals surface area contributed by atoms with Crippen LogP contribution in [0.5, 0.6) is 0 Å². The highest BCUT2D eigenvalue weighted by Crippen LogP contribution is 2.10. The summed E-state index contributed by atoms with van der Waals surface area (Å²) in [6.45, 7) is 5.30. The third kappa shape index (κ3) is 6.60. The molecule has 0 bridgehead atoms. The van der Waals surface area contributed by atoms with E-state index in [4.69, 9.17) is 0 Å². The second-order valence-corrected chi connectivity index (χ2v) is 5.68. The van der Waals surface area contributed by atoms with Gasteiger partial charge in [-0.2, -0.15) is 0 Å². The fraction of sp³-hybridized carbons (Fsp3) is 0.588. The molecule has 0 aliphatic rings. The molecule has 0 saturated carbocycles. The van der Waals surface area contributed by atoms with Gasteiger partial charge in [-0.15, -0.1) is 0 Å². The molecule has 1 rings (SSSR count). The maximum Gasteiger partial charge on any atom is 0.251 e. The Labute approximate surface area is 123 Å². The fourth-order valence-corrected chi connectivity index (χ4v) is 2.12. The molecule has 1 amide bonds. The van der Waals surface area contributed by atoms with Crippen LogP contribution < -0.4 is 10.6 Å². The van der Waals surface area contributed by atoms with Crippen molar-refractivity contribution in [1.82, 2.24) is 5.32 Å². The first-order valence-corrected chi connectivity index (χ1v) is 7.69. The maximum atomic E-state index is 11.9. The normalized spacial score (nSPS) is 10.6.